The van der Waals surface area contributed by atoms with E-state index in [2.05, 4.69) is 21.8 Å². The molecule has 0 radical (unpaired) electrons. The van der Waals surface area contributed by atoms with E-state index in [0.717, 1.165) is 69.4 Å². The van der Waals surface area contributed by atoms with E-state index in [4.69, 9.17) is 5.11 Å². The number of aliphatic hydroxyl groups is 1. The monoisotopic (exact) mass is 338 g/mol. The van der Waals surface area contributed by atoms with Gasteiger partial charge < -0.3 is 19.8 Å². The van der Waals surface area contributed by atoms with Gasteiger partial charge in [-0.15, -0.1) is 11.3 Å². The Hall–Kier alpha value is -1.18. The minimum atomic E-state index is -0.00977. The van der Waals surface area contributed by atoms with E-state index >= 15 is 0 Å². The number of hydrogen-bond acceptors (Lipinski definition) is 6. The molecule has 0 aliphatic carbocycles. The maximum atomic E-state index is 12.8. The van der Waals surface area contributed by atoms with Gasteiger partial charge in [0.05, 0.1) is 18.2 Å². The molecule has 0 spiro atoms. The Kier molecular flexibility index (Phi) is 5.50. The van der Waals surface area contributed by atoms with Crippen molar-refractivity contribution in [3.8, 4) is 0 Å². The second kappa shape index (κ2) is 7.59. The highest BCUT2D eigenvalue weighted by atomic mass is 32.1. The van der Waals surface area contributed by atoms with Crippen molar-refractivity contribution in [3.63, 3.8) is 0 Å². The highest BCUT2D eigenvalue weighted by Gasteiger charge is 2.29. The fourth-order valence-electron chi connectivity index (χ4n) is 3.47. The van der Waals surface area contributed by atoms with E-state index in [1.54, 1.807) is 11.3 Å². The first kappa shape index (κ1) is 16.7. The van der Waals surface area contributed by atoms with Gasteiger partial charge in [-0.25, -0.2) is 4.98 Å². The number of aromatic nitrogens is 1. The van der Waals surface area contributed by atoms with Crippen LogP contribution in [0.25, 0.3) is 0 Å². The van der Waals surface area contributed by atoms with E-state index in [1.165, 1.54) is 0 Å². The van der Waals surface area contributed by atoms with Crippen LogP contribution in [-0.2, 0) is 11.4 Å². The van der Waals surface area contributed by atoms with Crippen LogP contribution in [0.2, 0.25) is 0 Å². The average Bonchev–Trinajstić information content (AvgIpc) is 2.91. The van der Waals surface area contributed by atoms with Crippen LogP contribution in [0.1, 0.15) is 25.0 Å². The topological polar surface area (TPSA) is 59.9 Å². The lowest BCUT2D eigenvalue weighted by Crippen LogP contribution is -2.44. The third kappa shape index (κ3) is 4.02. The van der Waals surface area contributed by atoms with Crippen molar-refractivity contribution in [3.05, 3.63) is 11.1 Å². The lowest BCUT2D eigenvalue weighted by Gasteiger charge is -2.32. The van der Waals surface area contributed by atoms with Crippen molar-refractivity contribution in [1.29, 1.82) is 0 Å². The minimum Gasteiger partial charge on any atom is -0.390 e. The van der Waals surface area contributed by atoms with Crippen LogP contribution < -0.4 is 4.90 Å². The van der Waals surface area contributed by atoms with Gasteiger partial charge >= 0.3 is 0 Å². The first-order valence-electron chi connectivity index (χ1n) is 8.45. The zero-order chi connectivity index (χ0) is 16.2. The zero-order valence-corrected chi connectivity index (χ0v) is 14.6. The second-order valence-corrected chi connectivity index (χ2v) is 7.38. The van der Waals surface area contributed by atoms with Gasteiger partial charge in [0, 0.05) is 38.1 Å². The van der Waals surface area contributed by atoms with E-state index in [1.807, 2.05) is 10.3 Å². The van der Waals surface area contributed by atoms with Gasteiger partial charge in [0.2, 0.25) is 5.91 Å². The van der Waals surface area contributed by atoms with Crippen LogP contribution in [0, 0.1) is 5.92 Å². The molecule has 3 rings (SSSR count). The molecule has 1 amide bonds. The molecule has 2 fully saturated rings. The van der Waals surface area contributed by atoms with Crippen molar-refractivity contribution in [2.24, 2.45) is 5.92 Å². The van der Waals surface area contributed by atoms with Crippen molar-refractivity contribution in [2.75, 3.05) is 51.2 Å². The molecule has 2 aliphatic heterocycles. The van der Waals surface area contributed by atoms with E-state index < -0.39 is 0 Å². The molecular weight excluding hydrogens is 312 g/mol. The number of nitrogens with zero attached hydrogens (tertiary/aromatic N) is 4. The fraction of sp³-hybridized carbons (Fsp3) is 0.750. The molecule has 0 bridgehead atoms. The maximum Gasteiger partial charge on any atom is 0.227 e. The van der Waals surface area contributed by atoms with E-state index in [-0.39, 0.29) is 12.5 Å². The Morgan fingerprint density at radius 3 is 2.91 bits per heavy atom. The van der Waals surface area contributed by atoms with Gasteiger partial charge in [-0.2, -0.15) is 0 Å². The summed E-state index contributed by atoms with van der Waals surface area (Å²) in [7, 11) is 2.10. The van der Waals surface area contributed by atoms with Crippen molar-refractivity contribution in [2.45, 2.75) is 25.9 Å². The number of amides is 1. The zero-order valence-electron chi connectivity index (χ0n) is 13.8. The predicted molar refractivity (Wildman–Crippen MR) is 91.7 cm³/mol. The van der Waals surface area contributed by atoms with Crippen LogP contribution in [0.3, 0.4) is 0 Å². The van der Waals surface area contributed by atoms with Crippen LogP contribution >= 0.6 is 11.3 Å². The Labute approximate surface area is 141 Å². The maximum absolute atomic E-state index is 12.8. The molecule has 23 heavy (non-hydrogen) atoms. The number of carbonyl (C=O) groups excluding carboxylic acids is 1. The lowest BCUT2D eigenvalue weighted by atomic mass is 9.97. The summed E-state index contributed by atoms with van der Waals surface area (Å²) in [6.45, 7) is 5.35. The number of piperidine rings is 1. The molecule has 6 nitrogen and oxygen atoms in total. The van der Waals surface area contributed by atoms with E-state index in [9.17, 15) is 4.79 Å². The summed E-state index contributed by atoms with van der Waals surface area (Å²) < 4.78 is 0. The summed E-state index contributed by atoms with van der Waals surface area (Å²) in [6.07, 6.45) is 3.12. The van der Waals surface area contributed by atoms with Gasteiger partial charge in [0.25, 0.3) is 0 Å². The smallest absolute Gasteiger partial charge is 0.227 e. The largest absolute Gasteiger partial charge is 0.390 e. The normalized spacial score (nSPS) is 23.8. The van der Waals surface area contributed by atoms with Gasteiger partial charge in [-0.05, 0) is 32.9 Å². The minimum absolute atomic E-state index is 0.00977. The quantitative estimate of drug-likeness (QED) is 0.891. The van der Waals surface area contributed by atoms with Crippen molar-refractivity contribution < 1.29 is 9.90 Å². The first-order valence-corrected chi connectivity index (χ1v) is 9.33. The molecule has 1 unspecified atom stereocenters. The molecular formula is C16H26N4O2S. The molecule has 1 aromatic rings. The Balaban J connectivity index is 1.58. The summed E-state index contributed by atoms with van der Waals surface area (Å²) in [6, 6.07) is 0. The Morgan fingerprint density at radius 2 is 2.17 bits per heavy atom. The number of thiazole rings is 1. The fourth-order valence-corrected chi connectivity index (χ4v) is 4.34. The average molecular weight is 338 g/mol. The molecule has 7 heteroatoms. The third-order valence-corrected chi connectivity index (χ3v) is 5.70. The standard InChI is InChI=1S/C16H26N4O2S/c1-18-5-2-4-13(10-18)15(22)19-6-3-7-20(9-8-19)16-17-14(11-21)12-23-16/h12-13,21H,2-11H2,1H3. The highest BCUT2D eigenvalue weighted by Crippen LogP contribution is 2.23. The molecule has 1 atom stereocenters. The van der Waals surface area contributed by atoms with Gasteiger partial charge in [-0.3, -0.25) is 4.79 Å². The molecule has 1 N–H and O–H groups in total. The summed E-state index contributed by atoms with van der Waals surface area (Å²) in [4.78, 5) is 23.8. The predicted octanol–water partition coefficient (Wildman–Crippen LogP) is 1.02. The van der Waals surface area contributed by atoms with Gasteiger partial charge in [0.1, 0.15) is 0 Å². The van der Waals surface area contributed by atoms with Crippen LogP contribution in [0.15, 0.2) is 5.38 Å². The Morgan fingerprint density at radius 1 is 1.30 bits per heavy atom. The van der Waals surface area contributed by atoms with Crippen LogP contribution in [-0.4, -0.2) is 72.1 Å². The number of likely N-dealkylation sites (tertiary alicyclic amines) is 1. The van der Waals surface area contributed by atoms with Crippen LogP contribution in [0.5, 0.6) is 0 Å². The Bertz CT molecular complexity index is 536. The number of hydrogen-bond donors (Lipinski definition) is 1. The van der Waals surface area contributed by atoms with Crippen molar-refractivity contribution >= 4 is 22.4 Å². The molecule has 2 saturated heterocycles. The molecule has 1 aromatic heterocycles. The lowest BCUT2D eigenvalue weighted by molar-refractivity contribution is -0.136. The molecule has 128 valence electrons. The van der Waals surface area contributed by atoms with Gasteiger partial charge in [0.15, 0.2) is 5.13 Å². The van der Waals surface area contributed by atoms with Crippen LogP contribution in [0.4, 0.5) is 5.13 Å². The number of anilines is 1. The molecule has 0 saturated carbocycles. The molecule has 0 aromatic carbocycles. The highest BCUT2D eigenvalue weighted by molar-refractivity contribution is 7.13. The first-order chi connectivity index (χ1) is 11.2. The molecule has 2 aliphatic rings. The second-order valence-electron chi connectivity index (χ2n) is 6.55. The molecule has 3 heterocycles. The third-order valence-electron chi connectivity index (χ3n) is 4.75. The van der Waals surface area contributed by atoms with Crippen molar-refractivity contribution in [1.82, 2.24) is 14.8 Å². The SMILES string of the molecule is CN1CCCC(C(=O)N2CCCN(c3nc(CO)cs3)CC2)C1. The summed E-state index contributed by atoms with van der Waals surface area (Å²) in [5.74, 6) is 0.495. The van der Waals surface area contributed by atoms with Gasteiger partial charge in [-0.1, -0.05) is 0 Å². The summed E-state index contributed by atoms with van der Waals surface area (Å²) in [5.41, 5.74) is 0.729. The number of rotatable bonds is 3. The summed E-state index contributed by atoms with van der Waals surface area (Å²) in [5, 5.41) is 12.0. The summed E-state index contributed by atoms with van der Waals surface area (Å²) >= 11 is 1.57. The number of aliphatic hydroxyl groups excluding tert-OH is 1. The van der Waals surface area contributed by atoms with E-state index in [0.29, 0.717) is 5.91 Å². The number of carbonyl (C=O) groups is 1.